The first kappa shape index (κ1) is 20.5. The van der Waals surface area contributed by atoms with E-state index < -0.39 is 6.04 Å². The van der Waals surface area contributed by atoms with Crippen molar-refractivity contribution >= 4 is 24.2 Å². The molecule has 1 fully saturated rings. The number of likely N-dealkylation sites (tertiary alicyclic amines) is 1. The third-order valence-corrected chi connectivity index (χ3v) is 4.38. The van der Waals surface area contributed by atoms with Gasteiger partial charge in [0.2, 0.25) is 5.91 Å². The molecule has 1 aliphatic rings. The molecular weight excluding hydrogens is 326 g/mol. The monoisotopic (exact) mass is 353 g/mol. The fourth-order valence-electron chi connectivity index (χ4n) is 2.67. The van der Waals surface area contributed by atoms with Crippen molar-refractivity contribution in [1.82, 2.24) is 10.2 Å². The molecule has 2 rings (SSSR count). The topological polar surface area (TPSA) is 75.4 Å². The minimum atomic E-state index is -0.488. The van der Waals surface area contributed by atoms with E-state index >= 15 is 0 Å². The van der Waals surface area contributed by atoms with Crippen molar-refractivity contribution in [3.8, 4) is 0 Å². The minimum absolute atomic E-state index is 0. The van der Waals surface area contributed by atoms with E-state index in [1.54, 1.807) is 12.1 Å². The van der Waals surface area contributed by atoms with Gasteiger partial charge in [0, 0.05) is 24.7 Å². The average molecular weight is 354 g/mol. The SMILES string of the molecule is CC(C)(C)[C@H](N)C(=O)N1CCC(NC(=O)c2ccccc2)CC1.Cl. The lowest BCUT2D eigenvalue weighted by atomic mass is 9.86. The van der Waals surface area contributed by atoms with Crippen molar-refractivity contribution in [2.45, 2.75) is 45.7 Å². The predicted octanol–water partition coefficient (Wildman–Crippen LogP) is 2.20. The van der Waals surface area contributed by atoms with Crippen LogP contribution in [0.3, 0.4) is 0 Å². The Labute approximate surface area is 150 Å². The number of hydrogen-bond donors (Lipinski definition) is 2. The zero-order valence-corrected chi connectivity index (χ0v) is 15.4. The van der Waals surface area contributed by atoms with Crippen LogP contribution in [-0.4, -0.2) is 41.9 Å². The number of benzene rings is 1. The first-order valence-corrected chi connectivity index (χ1v) is 8.19. The normalized spacial score (nSPS) is 16.9. The van der Waals surface area contributed by atoms with Crippen molar-refractivity contribution < 1.29 is 9.59 Å². The van der Waals surface area contributed by atoms with Gasteiger partial charge in [0.1, 0.15) is 0 Å². The molecule has 2 amide bonds. The quantitative estimate of drug-likeness (QED) is 0.874. The first-order chi connectivity index (χ1) is 10.8. The standard InChI is InChI=1S/C18H27N3O2.ClH/c1-18(2,3)15(19)17(23)21-11-9-14(10-12-21)20-16(22)13-7-5-4-6-8-13;/h4-8,14-15H,9-12,19H2,1-3H3,(H,20,22);1H/t15-;/m1./s1. The van der Waals surface area contributed by atoms with E-state index in [1.807, 2.05) is 43.9 Å². The number of nitrogens with one attached hydrogen (secondary N) is 1. The van der Waals surface area contributed by atoms with Gasteiger partial charge >= 0.3 is 0 Å². The van der Waals surface area contributed by atoms with Crippen molar-refractivity contribution in [2.75, 3.05) is 13.1 Å². The van der Waals surface area contributed by atoms with Crippen molar-refractivity contribution in [3.05, 3.63) is 35.9 Å². The molecule has 1 aromatic rings. The van der Waals surface area contributed by atoms with Gasteiger partial charge in [0.25, 0.3) is 5.91 Å². The summed E-state index contributed by atoms with van der Waals surface area (Å²) in [5.41, 5.74) is 6.48. The van der Waals surface area contributed by atoms with Gasteiger partial charge in [-0.15, -0.1) is 12.4 Å². The number of piperidine rings is 1. The van der Waals surface area contributed by atoms with Gasteiger partial charge in [-0.2, -0.15) is 0 Å². The largest absolute Gasteiger partial charge is 0.349 e. The van der Waals surface area contributed by atoms with Gasteiger partial charge < -0.3 is 16.0 Å². The zero-order valence-electron chi connectivity index (χ0n) is 14.6. The summed E-state index contributed by atoms with van der Waals surface area (Å²) in [6.45, 7) is 7.21. The molecule has 6 heteroatoms. The molecule has 3 N–H and O–H groups in total. The Morgan fingerprint density at radius 1 is 1.17 bits per heavy atom. The highest BCUT2D eigenvalue weighted by atomic mass is 35.5. The van der Waals surface area contributed by atoms with Crippen molar-refractivity contribution in [3.63, 3.8) is 0 Å². The Bertz CT molecular complexity index is 549. The second-order valence-corrected chi connectivity index (χ2v) is 7.28. The Morgan fingerprint density at radius 3 is 2.21 bits per heavy atom. The summed E-state index contributed by atoms with van der Waals surface area (Å²) in [5, 5.41) is 3.05. The second-order valence-electron chi connectivity index (χ2n) is 7.28. The highest BCUT2D eigenvalue weighted by Gasteiger charge is 2.33. The molecule has 5 nitrogen and oxygen atoms in total. The van der Waals surface area contributed by atoms with Gasteiger partial charge in [0.05, 0.1) is 6.04 Å². The summed E-state index contributed by atoms with van der Waals surface area (Å²) in [6.07, 6.45) is 1.53. The number of halogens is 1. The van der Waals surface area contributed by atoms with E-state index in [9.17, 15) is 9.59 Å². The smallest absolute Gasteiger partial charge is 0.251 e. The molecule has 1 atom stereocenters. The van der Waals surface area contributed by atoms with Gasteiger partial charge in [-0.1, -0.05) is 39.0 Å². The number of nitrogens with zero attached hydrogens (tertiary/aromatic N) is 1. The van der Waals surface area contributed by atoms with E-state index in [4.69, 9.17) is 5.73 Å². The number of rotatable bonds is 3. The summed E-state index contributed by atoms with van der Waals surface area (Å²) < 4.78 is 0. The summed E-state index contributed by atoms with van der Waals surface area (Å²) in [4.78, 5) is 26.4. The highest BCUT2D eigenvalue weighted by molar-refractivity contribution is 5.94. The Hall–Kier alpha value is -1.59. The molecule has 1 aromatic carbocycles. The molecule has 0 bridgehead atoms. The minimum Gasteiger partial charge on any atom is -0.349 e. The Balaban J connectivity index is 0.00000288. The molecule has 1 saturated heterocycles. The van der Waals surface area contributed by atoms with Crippen LogP contribution in [0, 0.1) is 5.41 Å². The Morgan fingerprint density at radius 2 is 1.71 bits per heavy atom. The number of hydrogen-bond acceptors (Lipinski definition) is 3. The molecule has 134 valence electrons. The van der Waals surface area contributed by atoms with E-state index in [2.05, 4.69) is 5.32 Å². The lowest BCUT2D eigenvalue weighted by Gasteiger charge is -2.36. The lowest BCUT2D eigenvalue weighted by Crippen LogP contribution is -2.54. The predicted molar refractivity (Wildman–Crippen MR) is 98.2 cm³/mol. The molecule has 0 radical (unpaired) electrons. The van der Waals surface area contributed by atoms with Crippen LogP contribution in [0.1, 0.15) is 44.0 Å². The van der Waals surface area contributed by atoms with Gasteiger partial charge in [-0.25, -0.2) is 0 Å². The number of nitrogens with two attached hydrogens (primary N) is 1. The Kier molecular flexibility index (Phi) is 7.24. The molecule has 0 saturated carbocycles. The van der Waals surface area contributed by atoms with Crippen LogP contribution >= 0.6 is 12.4 Å². The maximum atomic E-state index is 12.4. The molecule has 24 heavy (non-hydrogen) atoms. The van der Waals surface area contributed by atoms with E-state index in [1.165, 1.54) is 0 Å². The van der Waals surface area contributed by atoms with Crippen LogP contribution < -0.4 is 11.1 Å². The van der Waals surface area contributed by atoms with Crippen LogP contribution in [0.5, 0.6) is 0 Å². The molecule has 1 aliphatic heterocycles. The van der Waals surface area contributed by atoms with Crippen LogP contribution in [0.25, 0.3) is 0 Å². The molecule has 0 spiro atoms. The van der Waals surface area contributed by atoms with Crippen LogP contribution in [0.4, 0.5) is 0 Å². The maximum absolute atomic E-state index is 12.4. The summed E-state index contributed by atoms with van der Waals surface area (Å²) in [7, 11) is 0. The number of carbonyl (C=O) groups is 2. The van der Waals surface area contributed by atoms with E-state index in [0.29, 0.717) is 18.7 Å². The molecular formula is C18H28ClN3O2. The summed E-state index contributed by atoms with van der Waals surface area (Å²) in [6, 6.07) is 8.82. The fourth-order valence-corrected chi connectivity index (χ4v) is 2.67. The molecule has 1 heterocycles. The van der Waals surface area contributed by atoms with Gasteiger partial charge in [-0.05, 0) is 30.4 Å². The van der Waals surface area contributed by atoms with Crippen molar-refractivity contribution in [2.24, 2.45) is 11.1 Å². The zero-order chi connectivity index (χ0) is 17.0. The molecule has 0 aromatic heterocycles. The summed E-state index contributed by atoms with van der Waals surface area (Å²) >= 11 is 0. The van der Waals surface area contributed by atoms with Crippen LogP contribution in [0.2, 0.25) is 0 Å². The first-order valence-electron chi connectivity index (χ1n) is 8.19. The van der Waals surface area contributed by atoms with Crippen LogP contribution in [0.15, 0.2) is 30.3 Å². The molecule has 0 unspecified atom stereocenters. The van der Waals surface area contributed by atoms with Crippen LogP contribution in [-0.2, 0) is 4.79 Å². The van der Waals surface area contributed by atoms with Crippen molar-refractivity contribution in [1.29, 1.82) is 0 Å². The fraction of sp³-hybridized carbons (Fsp3) is 0.556. The average Bonchev–Trinajstić information content (AvgIpc) is 2.54. The van der Waals surface area contributed by atoms with Gasteiger partial charge in [0.15, 0.2) is 0 Å². The van der Waals surface area contributed by atoms with E-state index in [0.717, 1.165) is 12.8 Å². The third-order valence-electron chi connectivity index (χ3n) is 4.38. The maximum Gasteiger partial charge on any atom is 0.251 e. The second kappa shape index (κ2) is 8.49. The lowest BCUT2D eigenvalue weighted by molar-refractivity contribution is -0.136. The molecule has 0 aliphatic carbocycles. The summed E-state index contributed by atoms with van der Waals surface area (Å²) in [5.74, 6) is -0.0490. The third kappa shape index (κ3) is 5.21. The number of amides is 2. The van der Waals surface area contributed by atoms with Gasteiger partial charge in [-0.3, -0.25) is 9.59 Å². The highest BCUT2D eigenvalue weighted by Crippen LogP contribution is 2.21. The number of carbonyl (C=O) groups excluding carboxylic acids is 2. The van der Waals surface area contributed by atoms with E-state index in [-0.39, 0.29) is 35.7 Å².